The van der Waals surface area contributed by atoms with E-state index in [9.17, 15) is 14.3 Å². The molecule has 2 aromatic carbocycles. The second-order valence-corrected chi connectivity index (χ2v) is 4.54. The predicted molar refractivity (Wildman–Crippen MR) is 77.5 cm³/mol. The zero-order chi connectivity index (χ0) is 15.7. The van der Waals surface area contributed by atoms with Crippen LogP contribution < -0.4 is 0 Å². The van der Waals surface area contributed by atoms with E-state index in [1.54, 1.807) is 6.07 Å². The standard InChI is InChI=1S/C15H10FN3O3/c16-11-3-1-2-10-12(11)17-14(20)13(10)19-18-9-6-4-8(5-7-9)15(21)22/h1-7,17,20H,(H,21,22). The molecule has 0 aliphatic carbocycles. The number of H-pyrrole nitrogens is 1. The number of fused-ring (bicyclic) bond motifs is 1. The number of azo groups is 1. The summed E-state index contributed by atoms with van der Waals surface area (Å²) in [5.41, 5.74) is 0.818. The van der Waals surface area contributed by atoms with E-state index in [2.05, 4.69) is 15.2 Å². The number of carbonyl (C=O) groups is 1. The molecule has 0 saturated heterocycles. The number of hydrogen-bond donors (Lipinski definition) is 3. The van der Waals surface area contributed by atoms with Crippen molar-refractivity contribution in [3.63, 3.8) is 0 Å². The van der Waals surface area contributed by atoms with Crippen molar-refractivity contribution < 1.29 is 19.4 Å². The summed E-state index contributed by atoms with van der Waals surface area (Å²) in [5.74, 6) is -1.82. The van der Waals surface area contributed by atoms with E-state index in [0.29, 0.717) is 11.1 Å². The number of nitrogens with zero attached hydrogens (tertiary/aromatic N) is 2. The molecule has 3 aromatic rings. The predicted octanol–water partition coefficient (Wildman–Crippen LogP) is 4.13. The van der Waals surface area contributed by atoms with Crippen LogP contribution in [0.1, 0.15) is 10.4 Å². The molecule has 0 aliphatic rings. The highest BCUT2D eigenvalue weighted by Crippen LogP contribution is 2.37. The van der Waals surface area contributed by atoms with Crippen LogP contribution in [0.3, 0.4) is 0 Å². The number of benzene rings is 2. The molecule has 0 aliphatic heterocycles. The number of aromatic carboxylic acids is 1. The second kappa shape index (κ2) is 5.28. The summed E-state index contributed by atoms with van der Waals surface area (Å²) in [6, 6.07) is 10.1. The Morgan fingerprint density at radius 3 is 2.50 bits per heavy atom. The van der Waals surface area contributed by atoms with E-state index in [1.165, 1.54) is 36.4 Å². The molecule has 22 heavy (non-hydrogen) atoms. The minimum Gasteiger partial charge on any atom is -0.493 e. The Labute approximate surface area is 123 Å². The van der Waals surface area contributed by atoms with Crippen LogP contribution in [-0.4, -0.2) is 21.2 Å². The Morgan fingerprint density at radius 1 is 1.09 bits per heavy atom. The maximum atomic E-state index is 13.6. The number of carboxylic acid groups (broad SMARTS) is 1. The van der Waals surface area contributed by atoms with E-state index in [1.807, 2.05) is 0 Å². The molecule has 1 aromatic heterocycles. The lowest BCUT2D eigenvalue weighted by Crippen LogP contribution is -1.93. The number of hydrogen-bond acceptors (Lipinski definition) is 4. The van der Waals surface area contributed by atoms with Gasteiger partial charge in [-0.15, -0.1) is 5.11 Å². The Hall–Kier alpha value is -3.22. The van der Waals surface area contributed by atoms with Gasteiger partial charge in [0.25, 0.3) is 0 Å². The van der Waals surface area contributed by atoms with Crippen molar-refractivity contribution in [2.75, 3.05) is 0 Å². The van der Waals surface area contributed by atoms with Crippen molar-refractivity contribution in [3.8, 4) is 5.88 Å². The molecular weight excluding hydrogens is 289 g/mol. The maximum absolute atomic E-state index is 13.6. The summed E-state index contributed by atoms with van der Waals surface area (Å²) in [5, 5.41) is 26.8. The molecule has 0 atom stereocenters. The summed E-state index contributed by atoms with van der Waals surface area (Å²) in [4.78, 5) is 13.3. The number of carboxylic acids is 1. The van der Waals surface area contributed by atoms with Gasteiger partial charge in [0.15, 0.2) is 5.69 Å². The number of aromatic hydroxyl groups is 1. The largest absolute Gasteiger partial charge is 0.493 e. The van der Waals surface area contributed by atoms with Crippen LogP contribution in [0.2, 0.25) is 0 Å². The van der Waals surface area contributed by atoms with Gasteiger partial charge in [-0.1, -0.05) is 12.1 Å². The number of para-hydroxylation sites is 1. The van der Waals surface area contributed by atoms with Crippen molar-refractivity contribution in [2.24, 2.45) is 10.2 Å². The van der Waals surface area contributed by atoms with Crippen LogP contribution in [0.15, 0.2) is 52.7 Å². The molecule has 0 saturated carbocycles. The number of rotatable bonds is 3. The molecule has 6 nitrogen and oxygen atoms in total. The van der Waals surface area contributed by atoms with Crippen molar-refractivity contribution in [1.29, 1.82) is 0 Å². The molecule has 0 amide bonds. The van der Waals surface area contributed by atoms with Crippen LogP contribution in [0.25, 0.3) is 10.9 Å². The molecule has 3 rings (SSSR count). The summed E-state index contributed by atoms with van der Waals surface area (Å²) in [7, 11) is 0. The first-order valence-electron chi connectivity index (χ1n) is 6.30. The summed E-state index contributed by atoms with van der Waals surface area (Å²) >= 11 is 0. The first-order chi connectivity index (χ1) is 10.6. The van der Waals surface area contributed by atoms with Gasteiger partial charge in [-0.05, 0) is 30.3 Å². The zero-order valence-corrected chi connectivity index (χ0v) is 11.1. The third-order valence-electron chi connectivity index (χ3n) is 3.12. The quantitative estimate of drug-likeness (QED) is 0.634. The van der Waals surface area contributed by atoms with E-state index < -0.39 is 11.8 Å². The molecule has 0 radical (unpaired) electrons. The van der Waals surface area contributed by atoms with Gasteiger partial charge < -0.3 is 15.2 Å². The maximum Gasteiger partial charge on any atom is 0.335 e. The summed E-state index contributed by atoms with van der Waals surface area (Å²) in [6.45, 7) is 0. The van der Waals surface area contributed by atoms with Crippen LogP contribution in [0.4, 0.5) is 15.8 Å². The number of halogens is 1. The summed E-state index contributed by atoms with van der Waals surface area (Å²) < 4.78 is 13.6. The van der Waals surface area contributed by atoms with Gasteiger partial charge >= 0.3 is 5.97 Å². The highest BCUT2D eigenvalue weighted by Gasteiger charge is 2.13. The number of aromatic amines is 1. The summed E-state index contributed by atoms with van der Waals surface area (Å²) in [6.07, 6.45) is 0. The molecule has 3 N–H and O–H groups in total. The first kappa shape index (κ1) is 13.7. The molecule has 1 heterocycles. The van der Waals surface area contributed by atoms with Crippen molar-refractivity contribution in [1.82, 2.24) is 4.98 Å². The number of nitrogens with one attached hydrogen (secondary N) is 1. The highest BCUT2D eigenvalue weighted by atomic mass is 19.1. The van der Waals surface area contributed by atoms with Gasteiger partial charge in [0.1, 0.15) is 5.82 Å². The molecule has 0 spiro atoms. The molecule has 7 heteroatoms. The molecule has 0 unspecified atom stereocenters. The lowest BCUT2D eigenvalue weighted by molar-refractivity contribution is 0.0697. The second-order valence-electron chi connectivity index (χ2n) is 4.54. The van der Waals surface area contributed by atoms with Crippen LogP contribution >= 0.6 is 0 Å². The normalized spacial score (nSPS) is 11.3. The van der Waals surface area contributed by atoms with E-state index >= 15 is 0 Å². The Bertz CT molecular complexity index is 885. The topological polar surface area (TPSA) is 98.0 Å². The van der Waals surface area contributed by atoms with Crippen molar-refractivity contribution in [2.45, 2.75) is 0 Å². The molecule has 110 valence electrons. The van der Waals surface area contributed by atoms with Crippen LogP contribution in [-0.2, 0) is 0 Å². The van der Waals surface area contributed by atoms with Crippen molar-refractivity contribution in [3.05, 3.63) is 53.8 Å². The Kier molecular flexibility index (Phi) is 3.30. The molecule has 0 fully saturated rings. The van der Waals surface area contributed by atoms with Gasteiger partial charge in [-0.3, -0.25) is 0 Å². The van der Waals surface area contributed by atoms with Crippen LogP contribution in [0.5, 0.6) is 5.88 Å². The average Bonchev–Trinajstić information content (AvgIpc) is 2.83. The number of aromatic nitrogens is 1. The average molecular weight is 299 g/mol. The first-order valence-corrected chi connectivity index (χ1v) is 6.30. The SMILES string of the molecule is O=C(O)c1ccc(N=Nc2c(O)[nH]c3c(F)cccc23)cc1. The van der Waals surface area contributed by atoms with E-state index in [4.69, 9.17) is 5.11 Å². The molecule has 0 bridgehead atoms. The monoisotopic (exact) mass is 299 g/mol. The fraction of sp³-hybridized carbons (Fsp3) is 0. The zero-order valence-electron chi connectivity index (χ0n) is 11.1. The Balaban J connectivity index is 1.97. The third-order valence-corrected chi connectivity index (χ3v) is 3.12. The van der Waals surface area contributed by atoms with E-state index in [-0.39, 0.29) is 22.6 Å². The highest BCUT2D eigenvalue weighted by molar-refractivity contribution is 5.94. The van der Waals surface area contributed by atoms with Crippen molar-refractivity contribution >= 4 is 28.2 Å². The minimum atomic E-state index is -1.03. The van der Waals surface area contributed by atoms with E-state index in [0.717, 1.165) is 0 Å². The van der Waals surface area contributed by atoms with Gasteiger partial charge in [0.2, 0.25) is 5.88 Å². The third kappa shape index (κ3) is 2.39. The molecular formula is C15H10FN3O3. The Morgan fingerprint density at radius 2 is 1.82 bits per heavy atom. The van der Waals surface area contributed by atoms with Crippen LogP contribution in [0, 0.1) is 5.82 Å². The van der Waals surface area contributed by atoms with Gasteiger partial charge in [-0.25, -0.2) is 9.18 Å². The lowest BCUT2D eigenvalue weighted by atomic mass is 10.2. The van der Waals surface area contributed by atoms with Gasteiger partial charge in [-0.2, -0.15) is 5.11 Å². The smallest absolute Gasteiger partial charge is 0.335 e. The fourth-order valence-electron chi connectivity index (χ4n) is 2.03. The van der Waals surface area contributed by atoms with Gasteiger partial charge in [0, 0.05) is 5.39 Å². The van der Waals surface area contributed by atoms with Gasteiger partial charge in [0.05, 0.1) is 16.8 Å². The lowest BCUT2D eigenvalue weighted by Gasteiger charge is -1.95. The fourth-order valence-corrected chi connectivity index (χ4v) is 2.03. The minimum absolute atomic E-state index is 0.122.